The Morgan fingerprint density at radius 1 is 1.13 bits per heavy atom. The molecule has 23 heavy (non-hydrogen) atoms. The summed E-state index contributed by atoms with van der Waals surface area (Å²) in [6, 6.07) is 10.4. The molecule has 0 radical (unpaired) electrons. The zero-order chi connectivity index (χ0) is 16.7. The fraction of sp³-hybridized carbons (Fsp3) is 0.278. The summed E-state index contributed by atoms with van der Waals surface area (Å²) < 4.78 is 0. The van der Waals surface area contributed by atoms with Crippen molar-refractivity contribution in [1.29, 1.82) is 0 Å². The monoisotopic (exact) mass is 311 g/mol. The molecule has 5 nitrogen and oxygen atoms in total. The van der Waals surface area contributed by atoms with Crippen molar-refractivity contribution >= 4 is 23.1 Å². The van der Waals surface area contributed by atoms with E-state index in [1.165, 1.54) is 6.92 Å². The number of carbonyl (C=O) groups excluding carboxylic acids is 2. The van der Waals surface area contributed by atoms with Crippen molar-refractivity contribution in [2.75, 3.05) is 17.2 Å². The third-order valence-electron chi connectivity index (χ3n) is 3.38. The zero-order valence-electron chi connectivity index (χ0n) is 13.4. The number of benzene rings is 1. The number of nitrogens with zero attached hydrogens (tertiary/aromatic N) is 1. The van der Waals surface area contributed by atoms with Crippen LogP contribution in [0.4, 0.5) is 11.4 Å². The lowest BCUT2D eigenvalue weighted by Gasteiger charge is -2.08. The third kappa shape index (κ3) is 4.92. The molecular formula is C18H21N3O2. The molecule has 1 amide bonds. The fourth-order valence-electron chi connectivity index (χ4n) is 2.05. The van der Waals surface area contributed by atoms with Gasteiger partial charge in [0.25, 0.3) is 5.91 Å². The second-order valence-electron chi connectivity index (χ2n) is 5.30. The van der Waals surface area contributed by atoms with Crippen LogP contribution in [-0.4, -0.2) is 23.2 Å². The molecule has 0 atom stereocenters. The Morgan fingerprint density at radius 2 is 1.96 bits per heavy atom. The molecule has 0 fully saturated rings. The Balaban J connectivity index is 2.00. The fourth-order valence-corrected chi connectivity index (χ4v) is 2.05. The van der Waals surface area contributed by atoms with Crippen molar-refractivity contribution in [3.63, 3.8) is 0 Å². The van der Waals surface area contributed by atoms with Gasteiger partial charge < -0.3 is 10.6 Å². The van der Waals surface area contributed by atoms with E-state index in [-0.39, 0.29) is 11.7 Å². The molecule has 1 aromatic heterocycles. The van der Waals surface area contributed by atoms with Gasteiger partial charge in [-0.05, 0) is 37.6 Å². The maximum Gasteiger partial charge on any atom is 0.274 e. The summed E-state index contributed by atoms with van der Waals surface area (Å²) >= 11 is 0. The number of anilines is 2. The number of nitrogens with one attached hydrogen (secondary N) is 2. The molecule has 2 aromatic rings. The molecule has 0 aliphatic carbocycles. The molecule has 0 spiro atoms. The summed E-state index contributed by atoms with van der Waals surface area (Å²) in [6.45, 7) is 4.52. The van der Waals surface area contributed by atoms with Crippen LogP contribution in [0, 0.1) is 0 Å². The largest absolute Gasteiger partial charge is 0.384 e. The summed E-state index contributed by atoms with van der Waals surface area (Å²) in [5, 5.41) is 6.00. The third-order valence-corrected chi connectivity index (χ3v) is 3.38. The Kier molecular flexibility index (Phi) is 5.86. The average molecular weight is 311 g/mol. The van der Waals surface area contributed by atoms with E-state index >= 15 is 0 Å². The highest BCUT2D eigenvalue weighted by Crippen LogP contribution is 2.13. The number of carbonyl (C=O) groups is 2. The summed E-state index contributed by atoms with van der Waals surface area (Å²) in [5.74, 6) is -0.340. The van der Waals surface area contributed by atoms with Crippen molar-refractivity contribution in [2.24, 2.45) is 0 Å². The van der Waals surface area contributed by atoms with Crippen LogP contribution >= 0.6 is 0 Å². The second-order valence-corrected chi connectivity index (χ2v) is 5.30. The standard InChI is InChI=1S/C18H21N3O2/c1-3-4-10-19-16-8-9-17(20-12-16)18(23)21-15-7-5-6-14(11-15)13(2)22/h5-9,11-12,19H,3-4,10H2,1-2H3,(H,21,23). The van der Waals surface area contributed by atoms with E-state index < -0.39 is 0 Å². The molecule has 120 valence electrons. The molecule has 0 saturated heterocycles. The van der Waals surface area contributed by atoms with Crippen molar-refractivity contribution in [2.45, 2.75) is 26.7 Å². The van der Waals surface area contributed by atoms with Gasteiger partial charge in [0.05, 0.1) is 11.9 Å². The number of rotatable bonds is 7. The van der Waals surface area contributed by atoms with Crippen molar-refractivity contribution in [3.8, 4) is 0 Å². The van der Waals surface area contributed by atoms with E-state index in [0.717, 1.165) is 25.1 Å². The number of hydrogen-bond acceptors (Lipinski definition) is 4. The van der Waals surface area contributed by atoms with Crippen molar-refractivity contribution in [1.82, 2.24) is 4.98 Å². The molecular weight excluding hydrogens is 290 g/mol. The van der Waals surface area contributed by atoms with E-state index in [1.54, 1.807) is 36.5 Å². The quantitative estimate of drug-likeness (QED) is 0.603. The van der Waals surface area contributed by atoms with Crippen LogP contribution in [0.3, 0.4) is 0 Å². The van der Waals surface area contributed by atoms with E-state index in [0.29, 0.717) is 16.9 Å². The maximum atomic E-state index is 12.2. The van der Waals surface area contributed by atoms with Crippen molar-refractivity contribution < 1.29 is 9.59 Å². The van der Waals surface area contributed by atoms with E-state index in [9.17, 15) is 9.59 Å². The molecule has 2 N–H and O–H groups in total. The van der Waals surface area contributed by atoms with Crippen LogP contribution in [0.15, 0.2) is 42.6 Å². The molecule has 0 aliphatic heterocycles. The van der Waals surface area contributed by atoms with Crippen LogP contribution in [0.1, 0.15) is 47.5 Å². The highest BCUT2D eigenvalue weighted by molar-refractivity contribution is 6.04. The summed E-state index contributed by atoms with van der Waals surface area (Å²) in [4.78, 5) is 27.7. The van der Waals surface area contributed by atoms with Gasteiger partial charge >= 0.3 is 0 Å². The summed E-state index contributed by atoms with van der Waals surface area (Å²) in [7, 11) is 0. The number of aromatic nitrogens is 1. The molecule has 5 heteroatoms. The van der Waals surface area contributed by atoms with Gasteiger partial charge in [0.15, 0.2) is 5.78 Å². The first-order valence-corrected chi connectivity index (χ1v) is 7.72. The highest BCUT2D eigenvalue weighted by atomic mass is 16.2. The van der Waals surface area contributed by atoms with Crippen LogP contribution in [-0.2, 0) is 0 Å². The van der Waals surface area contributed by atoms with Crippen LogP contribution < -0.4 is 10.6 Å². The zero-order valence-corrected chi connectivity index (χ0v) is 13.4. The first-order valence-electron chi connectivity index (χ1n) is 7.72. The first kappa shape index (κ1) is 16.7. The lowest BCUT2D eigenvalue weighted by Crippen LogP contribution is -2.14. The molecule has 1 aromatic carbocycles. The number of unbranched alkanes of at least 4 members (excludes halogenated alkanes) is 1. The predicted octanol–water partition coefficient (Wildman–Crippen LogP) is 3.75. The first-order chi connectivity index (χ1) is 11.1. The van der Waals surface area contributed by atoms with Gasteiger partial charge in [-0.15, -0.1) is 0 Å². The van der Waals surface area contributed by atoms with Gasteiger partial charge in [-0.3, -0.25) is 9.59 Å². The van der Waals surface area contributed by atoms with E-state index in [1.807, 2.05) is 6.07 Å². The molecule has 0 aliphatic rings. The second kappa shape index (κ2) is 8.08. The van der Waals surface area contributed by atoms with Gasteiger partial charge in [0.2, 0.25) is 0 Å². The average Bonchev–Trinajstić information content (AvgIpc) is 2.56. The van der Waals surface area contributed by atoms with E-state index in [2.05, 4.69) is 22.5 Å². The highest BCUT2D eigenvalue weighted by Gasteiger charge is 2.08. The van der Waals surface area contributed by atoms with Gasteiger partial charge in [0, 0.05) is 17.8 Å². The van der Waals surface area contributed by atoms with Gasteiger partial charge in [-0.1, -0.05) is 25.5 Å². The Bertz CT molecular complexity index is 681. The number of amides is 1. The van der Waals surface area contributed by atoms with Gasteiger partial charge in [-0.25, -0.2) is 4.98 Å². The Hall–Kier alpha value is -2.69. The van der Waals surface area contributed by atoms with Crippen molar-refractivity contribution in [3.05, 3.63) is 53.9 Å². The van der Waals surface area contributed by atoms with Gasteiger partial charge in [-0.2, -0.15) is 0 Å². The lowest BCUT2D eigenvalue weighted by molar-refractivity contribution is 0.100. The topological polar surface area (TPSA) is 71.1 Å². The maximum absolute atomic E-state index is 12.2. The molecule has 0 bridgehead atoms. The van der Waals surface area contributed by atoms with Gasteiger partial charge in [0.1, 0.15) is 5.69 Å². The van der Waals surface area contributed by atoms with Crippen LogP contribution in [0.5, 0.6) is 0 Å². The minimum atomic E-state index is -0.300. The smallest absolute Gasteiger partial charge is 0.274 e. The minimum Gasteiger partial charge on any atom is -0.384 e. The Labute approximate surface area is 136 Å². The summed E-state index contributed by atoms with van der Waals surface area (Å²) in [6.07, 6.45) is 3.87. The number of ketones is 1. The van der Waals surface area contributed by atoms with E-state index in [4.69, 9.17) is 0 Å². The normalized spacial score (nSPS) is 10.2. The summed E-state index contributed by atoms with van der Waals surface area (Å²) in [5.41, 5.74) is 2.37. The Morgan fingerprint density at radius 3 is 2.61 bits per heavy atom. The number of hydrogen-bond donors (Lipinski definition) is 2. The van der Waals surface area contributed by atoms with Crippen LogP contribution in [0.25, 0.3) is 0 Å². The molecule has 0 unspecified atom stereocenters. The molecule has 1 heterocycles. The predicted molar refractivity (Wildman–Crippen MR) is 92.0 cm³/mol. The lowest BCUT2D eigenvalue weighted by atomic mass is 10.1. The molecule has 0 saturated carbocycles. The SMILES string of the molecule is CCCCNc1ccc(C(=O)Nc2cccc(C(C)=O)c2)nc1. The minimum absolute atomic E-state index is 0.0401. The number of Topliss-reactive ketones (excluding diaryl/α,β-unsaturated/α-hetero) is 1. The molecule has 2 rings (SSSR count). The number of pyridine rings is 1. The van der Waals surface area contributed by atoms with Crippen LogP contribution in [0.2, 0.25) is 0 Å².